The van der Waals surface area contributed by atoms with Crippen LogP contribution in [-0.2, 0) is 47.7 Å². The normalized spacial score (nSPS) is 11.1. The molecule has 25 heavy (non-hydrogen) atoms. The minimum atomic E-state index is -4.40. The fourth-order valence-corrected chi connectivity index (χ4v) is 3.15. The van der Waals surface area contributed by atoms with Crippen LogP contribution in [-0.4, -0.2) is 0 Å². The smallest absolute Gasteiger partial charge is 0.810 e. The van der Waals surface area contributed by atoms with Crippen LogP contribution in [0.1, 0.15) is 22.3 Å². The van der Waals surface area contributed by atoms with Crippen molar-refractivity contribution in [2.75, 3.05) is 0 Å². The van der Waals surface area contributed by atoms with Crippen LogP contribution in [0, 0.1) is 13.8 Å². The molecule has 132 valence electrons. The molecule has 0 heterocycles. The van der Waals surface area contributed by atoms with Gasteiger partial charge in [0.2, 0.25) is 0 Å². The number of hydrogen-bond donors (Lipinski definition) is 0. The van der Waals surface area contributed by atoms with Crippen molar-refractivity contribution >= 4 is 15.2 Å². The van der Waals surface area contributed by atoms with Crippen molar-refractivity contribution < 1.29 is 54.9 Å². The molecule has 0 unspecified atom stereocenters. The Hall–Kier alpha value is -0.377. The Balaban J connectivity index is 0.000000443. The van der Waals surface area contributed by atoms with Crippen LogP contribution < -0.4 is 19.6 Å². The van der Waals surface area contributed by atoms with E-state index in [-0.39, 0.29) is 26.2 Å². The van der Waals surface area contributed by atoms with Gasteiger partial charge in [0.25, 0.3) is 0 Å². The van der Waals surface area contributed by atoms with E-state index in [4.69, 9.17) is 0 Å². The first-order chi connectivity index (χ1) is 10.9. The summed E-state index contributed by atoms with van der Waals surface area (Å²) >= 11 is 0. The molecule has 0 saturated heterocycles. The van der Waals surface area contributed by atoms with Crippen molar-refractivity contribution in [2.45, 2.75) is 26.2 Å². The minimum absolute atomic E-state index is 0. The molecule has 0 saturated carbocycles. The van der Waals surface area contributed by atoms with Gasteiger partial charge in [0, 0.05) is 12.3 Å². The maximum absolute atomic E-state index is 10.4. The summed E-state index contributed by atoms with van der Waals surface area (Å²) in [6.45, 7) is 3.80. The first-order valence-corrected chi connectivity index (χ1v) is 10.5. The van der Waals surface area contributed by atoms with Crippen molar-refractivity contribution in [3.05, 3.63) is 70.8 Å². The van der Waals surface area contributed by atoms with E-state index in [2.05, 4.69) is 0 Å². The van der Waals surface area contributed by atoms with Gasteiger partial charge in [-0.05, 0) is 25.0 Å². The first kappa shape index (κ1) is 24.6. The van der Waals surface area contributed by atoms with Crippen molar-refractivity contribution in [1.82, 2.24) is 0 Å². The second kappa shape index (κ2) is 10.7. The summed E-state index contributed by atoms with van der Waals surface area (Å²) in [6, 6.07) is 13.7. The number of rotatable bonds is 4. The Labute approximate surface area is 166 Å². The molecule has 0 radical (unpaired) electrons. The number of hydrogen-bond acceptors (Lipinski definition) is 6. The van der Waals surface area contributed by atoms with E-state index in [1.165, 1.54) is 0 Å². The Morgan fingerprint density at radius 3 is 1.08 bits per heavy atom. The van der Waals surface area contributed by atoms with Gasteiger partial charge in [-0.25, -0.2) is 0 Å². The average molecular weight is 459 g/mol. The summed E-state index contributed by atoms with van der Waals surface area (Å²) < 4.78 is 20.7. The molecule has 0 aliphatic rings. The van der Waals surface area contributed by atoms with Gasteiger partial charge in [-0.2, -0.15) is 0 Å². The zero-order valence-electron chi connectivity index (χ0n) is 13.9. The van der Waals surface area contributed by atoms with Gasteiger partial charge in [-0.15, -0.1) is 0 Å². The third-order valence-electron chi connectivity index (χ3n) is 2.99. The second-order valence-corrected chi connectivity index (χ2v) is 8.59. The fraction of sp³-hybridized carbons (Fsp3) is 0.250. The zero-order valence-corrected chi connectivity index (χ0v) is 18.1. The van der Waals surface area contributed by atoms with E-state index < -0.39 is 27.5 Å². The first-order valence-electron chi connectivity index (χ1n) is 7.08. The van der Waals surface area contributed by atoms with E-state index in [1.54, 1.807) is 48.5 Å². The molecular weight excluding hydrogens is 441 g/mol. The van der Waals surface area contributed by atoms with Crippen LogP contribution in [0.4, 0.5) is 0 Å². The molecule has 0 bridgehead atoms. The van der Waals surface area contributed by atoms with Gasteiger partial charge in [0.15, 0.2) is 0 Å². The van der Waals surface area contributed by atoms with Crippen LogP contribution in [0.2, 0.25) is 0 Å². The fourth-order valence-electron chi connectivity index (χ4n) is 1.83. The van der Waals surface area contributed by atoms with Crippen LogP contribution in [0.3, 0.4) is 0 Å². The standard InChI is InChI=1S/2C8H11O3P.Zr/c2*1-7-2-4-8(5-3-7)6-12(9,10)11;/h2*2-5H,6H2,1H3,(H2,9,10,11);/q;;+4/p-4. The van der Waals surface area contributed by atoms with Gasteiger partial charge >= 0.3 is 26.2 Å². The molecule has 0 atom stereocenters. The van der Waals surface area contributed by atoms with E-state index in [0.29, 0.717) is 11.1 Å². The molecule has 9 heteroatoms. The summed E-state index contributed by atoms with van der Waals surface area (Å²) in [7, 11) is -8.81. The summed E-state index contributed by atoms with van der Waals surface area (Å²) in [5.41, 5.74) is 3.19. The Bertz CT molecular complexity index is 669. The molecule has 0 aromatic heterocycles. The van der Waals surface area contributed by atoms with E-state index in [0.717, 1.165) is 11.1 Å². The molecule has 0 amide bonds. The summed E-state index contributed by atoms with van der Waals surface area (Å²) in [6.07, 6.45) is -0.791. The Kier molecular flexibility index (Phi) is 10.5. The largest absolute Gasteiger partial charge is 4.00 e. The molecule has 0 spiro atoms. The predicted molar refractivity (Wildman–Crippen MR) is 85.0 cm³/mol. The van der Waals surface area contributed by atoms with Gasteiger partial charge in [-0.1, -0.05) is 74.8 Å². The molecule has 2 rings (SSSR count). The quantitative estimate of drug-likeness (QED) is 0.623. The predicted octanol–water partition coefficient (Wildman–Crippen LogP) is 0.815. The number of benzene rings is 2. The Morgan fingerprint density at radius 2 is 0.880 bits per heavy atom. The van der Waals surface area contributed by atoms with Crippen molar-refractivity contribution in [1.29, 1.82) is 0 Å². The monoisotopic (exact) mass is 458 g/mol. The number of aryl methyl sites for hydroxylation is 2. The van der Waals surface area contributed by atoms with Gasteiger partial charge in [0.05, 0.1) is 0 Å². The second-order valence-electron chi connectivity index (χ2n) is 5.51. The Morgan fingerprint density at radius 1 is 0.640 bits per heavy atom. The SMILES string of the molecule is Cc1ccc(CP(=O)([O-])[O-])cc1.Cc1ccc(CP(=O)([O-])[O-])cc1.[Zr+4]. The molecule has 2 aromatic carbocycles. The molecule has 0 fully saturated rings. The maximum Gasteiger partial charge on any atom is 4.00 e. The van der Waals surface area contributed by atoms with E-state index >= 15 is 0 Å². The zero-order chi connectivity index (χ0) is 18.4. The minimum Gasteiger partial charge on any atom is -0.810 e. The van der Waals surface area contributed by atoms with E-state index in [9.17, 15) is 28.7 Å². The molecule has 2 aromatic rings. The van der Waals surface area contributed by atoms with E-state index in [1.807, 2.05) is 13.8 Å². The topological polar surface area (TPSA) is 126 Å². The third-order valence-corrected chi connectivity index (χ3v) is 4.50. The van der Waals surface area contributed by atoms with Crippen molar-refractivity contribution in [3.63, 3.8) is 0 Å². The summed E-state index contributed by atoms with van der Waals surface area (Å²) in [4.78, 5) is 41.4. The van der Waals surface area contributed by atoms with Gasteiger partial charge < -0.3 is 28.7 Å². The van der Waals surface area contributed by atoms with Gasteiger partial charge in [-0.3, -0.25) is 0 Å². The maximum atomic E-state index is 10.4. The molecular formula is C16H18O6P2Zr. The molecule has 0 aliphatic heterocycles. The molecule has 0 aliphatic carbocycles. The molecule has 0 N–H and O–H groups in total. The van der Waals surface area contributed by atoms with Crippen molar-refractivity contribution in [2.24, 2.45) is 0 Å². The average Bonchev–Trinajstić information content (AvgIpc) is 2.42. The van der Waals surface area contributed by atoms with Crippen LogP contribution >= 0.6 is 15.2 Å². The van der Waals surface area contributed by atoms with Crippen molar-refractivity contribution in [3.8, 4) is 0 Å². The van der Waals surface area contributed by atoms with Gasteiger partial charge in [0.1, 0.15) is 0 Å². The van der Waals surface area contributed by atoms with Crippen LogP contribution in [0.25, 0.3) is 0 Å². The van der Waals surface area contributed by atoms with Crippen LogP contribution in [0.15, 0.2) is 48.5 Å². The summed E-state index contributed by atoms with van der Waals surface area (Å²) in [5.74, 6) is 0. The third kappa shape index (κ3) is 12.6. The van der Waals surface area contributed by atoms with Crippen LogP contribution in [0.5, 0.6) is 0 Å². The summed E-state index contributed by atoms with van der Waals surface area (Å²) in [5, 5.41) is 0. The molecule has 6 nitrogen and oxygen atoms in total.